The fraction of sp³-hybridized carbons (Fsp3) is 0.814. The molecule has 4 nitrogen and oxygen atoms in total. The number of allylic oxidation sites excluding steroid dienone is 6. The van der Waals surface area contributed by atoms with E-state index in [9.17, 15) is 9.59 Å². The summed E-state index contributed by atoms with van der Waals surface area (Å²) < 4.78 is 70.5. The molecule has 0 aliphatic carbocycles. The van der Waals surface area contributed by atoms with Crippen LogP contribution in [0.4, 0.5) is 0 Å². The molecule has 0 aromatic heterocycles. The lowest BCUT2D eigenvalue weighted by Gasteiger charge is -2.05. The second-order valence-electron chi connectivity index (χ2n) is 13.1. The molecule has 1 heterocycles. The van der Waals surface area contributed by atoms with Crippen molar-refractivity contribution in [1.29, 1.82) is 0 Å². The van der Waals surface area contributed by atoms with E-state index in [2.05, 4.69) is 50.3 Å². The lowest BCUT2D eigenvalue weighted by atomic mass is 10.1. The summed E-state index contributed by atoms with van der Waals surface area (Å²) in [5.74, 6) is -0.00880. The van der Waals surface area contributed by atoms with Crippen LogP contribution in [0.1, 0.15) is 232 Å². The Hall–Kier alpha value is -1.84. The van der Waals surface area contributed by atoms with Crippen molar-refractivity contribution in [1.82, 2.24) is 0 Å². The van der Waals surface area contributed by atoms with Gasteiger partial charge in [-0.05, 0) is 109 Å². The topological polar surface area (TPSA) is 52.6 Å². The van der Waals surface area contributed by atoms with Crippen molar-refractivity contribution in [2.45, 2.75) is 214 Å². The monoisotopic (exact) mass is 685 g/mol. The Bertz CT molecular complexity index is 766. The summed E-state index contributed by atoms with van der Waals surface area (Å²) in [6, 6.07) is 0. The van der Waals surface area contributed by atoms with Gasteiger partial charge in [0.05, 0.1) is 13.2 Å². The van der Waals surface area contributed by atoms with Crippen LogP contribution in [-0.2, 0) is 19.1 Å². The molecule has 0 bridgehead atoms. The lowest BCUT2D eigenvalue weighted by Crippen LogP contribution is -2.05. The number of carbonyl (C=O) groups excluding carboxylic acids is 2. The third kappa shape index (κ3) is 42.1. The van der Waals surface area contributed by atoms with E-state index in [0.717, 1.165) is 57.8 Å². The van der Waals surface area contributed by atoms with Crippen molar-refractivity contribution in [3.05, 3.63) is 36.5 Å². The normalized spacial score (nSPS) is 16.2. The molecule has 0 N–H and O–H groups in total. The van der Waals surface area contributed by atoms with E-state index in [4.69, 9.17) is 27.3 Å². The Balaban J connectivity index is -0.000000123. The van der Waals surface area contributed by atoms with Gasteiger partial charge in [0.15, 0.2) is 0 Å². The maximum absolute atomic E-state index is 11.7. The summed E-state index contributed by atoms with van der Waals surface area (Å²) >= 11 is 0. The molecule has 0 atom stereocenters. The minimum Gasteiger partial charge on any atom is -0.466 e. The molecule has 4 heteroatoms. The van der Waals surface area contributed by atoms with E-state index < -0.39 is 0 Å². The first kappa shape index (κ1) is 36.4. The fourth-order valence-corrected chi connectivity index (χ4v) is 5.52. The molecule has 0 spiro atoms. The van der Waals surface area contributed by atoms with Gasteiger partial charge in [-0.15, -0.1) is 0 Å². The van der Waals surface area contributed by atoms with Crippen molar-refractivity contribution in [3.8, 4) is 0 Å². The first-order chi connectivity index (χ1) is 28.7. The minimum atomic E-state index is -0.00601. The summed E-state index contributed by atoms with van der Waals surface area (Å²) in [5, 5.41) is 0. The summed E-state index contributed by atoms with van der Waals surface area (Å²) in [7, 11) is 0. The van der Waals surface area contributed by atoms with Crippen LogP contribution in [0.25, 0.3) is 0 Å². The molecule has 0 radical (unpaired) electrons. The Morgan fingerprint density at radius 1 is 0.681 bits per heavy atom. The number of hydrogen-bond donors (Lipinski definition) is 0. The summed E-state index contributed by atoms with van der Waals surface area (Å²) in [5.41, 5.74) is 0. The molecule has 1 aliphatic rings. The molecular formula is C43H92O4. The van der Waals surface area contributed by atoms with Gasteiger partial charge in [0, 0.05) is 30.7 Å². The second kappa shape index (κ2) is 42.2. The maximum atomic E-state index is 11.7. The molecule has 0 unspecified atom stereocenters. The highest BCUT2D eigenvalue weighted by Crippen LogP contribution is 2.12. The largest absolute Gasteiger partial charge is 0.466 e. The predicted octanol–water partition coefficient (Wildman–Crippen LogP) is 15.6. The zero-order valence-electron chi connectivity index (χ0n) is 42.7. The SMILES string of the molecule is C.CC/C=C\CCCCCOC(=O)CCCCCCC/C=C\CCCCCCCC.O=C1CCCCCCCC=CCCCCCO1.[2H][2H].[2H][2H].[2H][2H].[2H][2H].[2H][2H].[2H][2H]. The first-order valence-electron chi connectivity index (χ1n) is 26.0. The van der Waals surface area contributed by atoms with Crippen molar-refractivity contribution < 1.29 is 36.9 Å². The molecule has 0 saturated heterocycles. The molecule has 0 aromatic rings. The lowest BCUT2D eigenvalue weighted by molar-refractivity contribution is -0.144. The van der Waals surface area contributed by atoms with Gasteiger partial charge in [-0.25, -0.2) is 0 Å². The quantitative estimate of drug-likeness (QED) is 0.0647. The second-order valence-corrected chi connectivity index (χ2v) is 13.1. The van der Waals surface area contributed by atoms with Crippen molar-refractivity contribution >= 4 is 11.9 Å². The Kier molecular flexibility index (Phi) is 32.7. The third-order valence-electron chi connectivity index (χ3n) is 8.52. The molecule has 0 amide bonds. The average Bonchev–Trinajstić information content (AvgIpc) is 3.28. The van der Waals surface area contributed by atoms with Crippen LogP contribution in [0.3, 0.4) is 0 Å². The molecule has 1 rings (SSSR count). The first-order valence-corrected chi connectivity index (χ1v) is 20.0. The molecular weight excluding hydrogens is 580 g/mol. The molecule has 0 fully saturated rings. The summed E-state index contributed by atoms with van der Waals surface area (Å²) in [6.07, 6.45) is 49.1. The molecule has 0 aromatic carbocycles. The highest BCUT2D eigenvalue weighted by molar-refractivity contribution is 5.69. The smallest absolute Gasteiger partial charge is 0.305 e. The van der Waals surface area contributed by atoms with Crippen LogP contribution in [-0.4, -0.2) is 25.2 Å². The summed E-state index contributed by atoms with van der Waals surface area (Å²) in [6.45, 7) is 5.64. The maximum Gasteiger partial charge on any atom is 0.305 e. The predicted molar refractivity (Wildman–Crippen MR) is 219 cm³/mol. The number of unbranched alkanes of at least 4 members (excludes halogenated alkanes) is 14. The fourth-order valence-electron chi connectivity index (χ4n) is 5.52. The van der Waals surface area contributed by atoms with E-state index in [-0.39, 0.29) is 19.4 Å². The van der Waals surface area contributed by atoms with Crippen LogP contribution in [0.2, 0.25) is 0 Å². The average molecular weight is 685 g/mol. The van der Waals surface area contributed by atoms with Crippen LogP contribution < -0.4 is 0 Å². The number of rotatable bonds is 22. The molecule has 0 saturated carbocycles. The van der Waals surface area contributed by atoms with E-state index in [1.54, 1.807) is 0 Å². The summed E-state index contributed by atoms with van der Waals surface area (Å²) in [4.78, 5) is 23.1. The van der Waals surface area contributed by atoms with Gasteiger partial charge in [-0.2, -0.15) is 0 Å². The van der Waals surface area contributed by atoms with Crippen LogP contribution >= 0.6 is 0 Å². The zero-order chi connectivity index (χ0) is 45.4. The molecule has 288 valence electrons. The standard InChI is InChI=1S/C27H50O2.C15H26O2.CH4.6H2/c1-3-5-7-9-11-12-13-14-15-16-17-18-19-21-23-25-27(28)29-26-24-22-20-10-8-6-4-2;16-15-13-11-9-7-5-3-1-2-4-6-8-10-12-14-17-15;;;;;;;/h6,8,14-15H,3-5,7,9-13,16-26H2,1-2H3;2,4H,1,3,5-14H2;1H4;6*1H/b8-6-,15-14-;;;;;;;;/i;;;6*1+1D. The highest BCUT2D eigenvalue weighted by Gasteiger charge is 2.03. The van der Waals surface area contributed by atoms with Gasteiger partial charge < -0.3 is 9.47 Å². The zero-order valence-corrected chi connectivity index (χ0v) is 30.7. The van der Waals surface area contributed by atoms with Gasteiger partial charge >= 0.3 is 11.9 Å². The highest BCUT2D eigenvalue weighted by atomic mass is 16.5. The van der Waals surface area contributed by atoms with Crippen LogP contribution in [0, 0.1) is 0 Å². The number of cyclic esters (lactones) is 1. The van der Waals surface area contributed by atoms with Gasteiger partial charge in [-0.3, -0.25) is 9.59 Å². The van der Waals surface area contributed by atoms with E-state index >= 15 is 0 Å². The van der Waals surface area contributed by atoms with Crippen LogP contribution in [0.15, 0.2) is 36.5 Å². The number of esters is 2. The van der Waals surface area contributed by atoms with Crippen molar-refractivity contribution in [2.75, 3.05) is 13.2 Å². The Morgan fingerprint density at radius 2 is 1.19 bits per heavy atom. The number of carbonyl (C=O) groups is 2. The van der Waals surface area contributed by atoms with Gasteiger partial charge in [0.25, 0.3) is 0 Å². The molecule has 1 aliphatic heterocycles. The minimum absolute atomic E-state index is 0. The number of ether oxygens (including phenoxy) is 2. The van der Waals surface area contributed by atoms with Crippen LogP contribution in [0.5, 0.6) is 0 Å². The van der Waals surface area contributed by atoms with E-state index in [1.807, 2.05) is 0 Å². The van der Waals surface area contributed by atoms with E-state index in [1.165, 1.54) is 122 Å². The Morgan fingerprint density at radius 3 is 1.83 bits per heavy atom. The van der Waals surface area contributed by atoms with Crippen molar-refractivity contribution in [2.24, 2.45) is 0 Å². The van der Waals surface area contributed by atoms with Crippen molar-refractivity contribution in [3.63, 3.8) is 0 Å². The molecule has 47 heavy (non-hydrogen) atoms. The van der Waals surface area contributed by atoms with E-state index in [0.29, 0.717) is 26.1 Å². The third-order valence-corrected chi connectivity index (χ3v) is 8.52. The Labute approximate surface area is 312 Å². The van der Waals surface area contributed by atoms with Gasteiger partial charge in [-0.1, -0.05) is 128 Å². The van der Waals surface area contributed by atoms with Gasteiger partial charge in [0.1, 0.15) is 0 Å². The van der Waals surface area contributed by atoms with Gasteiger partial charge in [0.2, 0.25) is 0 Å². The number of hydrogen-bond acceptors (Lipinski definition) is 4.